The molecule has 0 aromatic heterocycles. The van der Waals surface area contributed by atoms with Crippen LogP contribution in [-0.4, -0.2) is 21.3 Å². The van der Waals surface area contributed by atoms with Crippen LogP contribution in [0.1, 0.15) is 20.8 Å². The Balaban J connectivity index is 3.82. The number of hydrogen-bond acceptors (Lipinski definition) is 2. The van der Waals surface area contributed by atoms with Crippen LogP contribution in [0.4, 0.5) is 4.79 Å². The second-order valence-corrected chi connectivity index (χ2v) is 4.22. The maximum Gasteiger partial charge on any atom is 0.506 e. The van der Waals surface area contributed by atoms with Gasteiger partial charge in [-0.15, -0.1) is 0 Å². The molecule has 0 aliphatic rings. The number of halogens is 1. The number of hydrogen-bond donors (Lipinski definition) is 1. The SMILES string of the molecule is CC(C)C(I)C(C)OC(=O)O. The highest BCUT2D eigenvalue weighted by Gasteiger charge is 2.20. The summed E-state index contributed by atoms with van der Waals surface area (Å²) < 4.78 is 4.82. The fraction of sp³-hybridized carbons (Fsp3) is 0.857. The average Bonchev–Trinajstić information content (AvgIpc) is 1.84. The molecule has 11 heavy (non-hydrogen) atoms. The summed E-state index contributed by atoms with van der Waals surface area (Å²) in [5, 5.41) is 8.29. The standard InChI is InChI=1S/C7H13IO3/c1-4(2)6(8)5(3)11-7(9)10/h4-6H,1-3H3,(H,9,10). The summed E-state index contributed by atoms with van der Waals surface area (Å²) in [5.74, 6) is 0.435. The van der Waals surface area contributed by atoms with Crippen LogP contribution in [0, 0.1) is 5.92 Å². The number of ether oxygens (including phenoxy) is 1. The van der Waals surface area contributed by atoms with Crippen molar-refractivity contribution in [2.75, 3.05) is 0 Å². The van der Waals surface area contributed by atoms with Crippen LogP contribution in [-0.2, 0) is 4.74 Å². The van der Waals surface area contributed by atoms with Gasteiger partial charge in [0.05, 0.1) is 3.92 Å². The lowest BCUT2D eigenvalue weighted by Crippen LogP contribution is -2.27. The Kier molecular flexibility index (Phi) is 4.79. The Morgan fingerprint density at radius 1 is 1.45 bits per heavy atom. The van der Waals surface area contributed by atoms with Gasteiger partial charge < -0.3 is 9.84 Å². The van der Waals surface area contributed by atoms with Crippen molar-refractivity contribution in [3.8, 4) is 0 Å². The van der Waals surface area contributed by atoms with Crippen LogP contribution in [0.5, 0.6) is 0 Å². The third-order valence-corrected chi connectivity index (χ3v) is 3.82. The molecule has 0 aliphatic carbocycles. The largest absolute Gasteiger partial charge is 0.506 e. The zero-order chi connectivity index (χ0) is 9.02. The molecule has 0 heterocycles. The molecule has 0 spiro atoms. The lowest BCUT2D eigenvalue weighted by Gasteiger charge is -2.20. The summed E-state index contributed by atoms with van der Waals surface area (Å²) in [6.45, 7) is 5.85. The molecule has 0 radical (unpaired) electrons. The molecule has 2 unspecified atom stereocenters. The van der Waals surface area contributed by atoms with E-state index in [1.807, 2.05) is 13.8 Å². The van der Waals surface area contributed by atoms with Gasteiger partial charge >= 0.3 is 6.16 Å². The van der Waals surface area contributed by atoms with E-state index in [9.17, 15) is 4.79 Å². The van der Waals surface area contributed by atoms with Crippen molar-refractivity contribution in [2.45, 2.75) is 30.8 Å². The van der Waals surface area contributed by atoms with Gasteiger partial charge in [0.25, 0.3) is 0 Å². The first kappa shape index (κ1) is 11.0. The molecule has 4 heteroatoms. The Morgan fingerprint density at radius 3 is 2.18 bits per heavy atom. The minimum atomic E-state index is -1.19. The predicted octanol–water partition coefficient (Wildman–Crippen LogP) is 2.53. The quantitative estimate of drug-likeness (QED) is 0.488. The third kappa shape index (κ3) is 4.44. The van der Waals surface area contributed by atoms with E-state index >= 15 is 0 Å². The molecule has 0 rings (SSSR count). The molecule has 0 aliphatic heterocycles. The normalized spacial score (nSPS) is 16.1. The van der Waals surface area contributed by atoms with Gasteiger partial charge in [-0.1, -0.05) is 36.4 Å². The van der Waals surface area contributed by atoms with Gasteiger partial charge in [-0.2, -0.15) is 0 Å². The highest BCUT2D eigenvalue weighted by atomic mass is 127. The van der Waals surface area contributed by atoms with E-state index in [1.165, 1.54) is 0 Å². The van der Waals surface area contributed by atoms with Gasteiger partial charge in [0.2, 0.25) is 0 Å². The molecule has 66 valence electrons. The van der Waals surface area contributed by atoms with Crippen LogP contribution in [0.15, 0.2) is 0 Å². The van der Waals surface area contributed by atoms with Crippen LogP contribution >= 0.6 is 22.6 Å². The van der Waals surface area contributed by atoms with Crippen molar-refractivity contribution in [3.63, 3.8) is 0 Å². The van der Waals surface area contributed by atoms with E-state index in [-0.39, 0.29) is 10.0 Å². The van der Waals surface area contributed by atoms with Crippen molar-refractivity contribution in [3.05, 3.63) is 0 Å². The molecular formula is C7H13IO3. The maximum absolute atomic E-state index is 10.1. The number of alkyl halides is 1. The Hall–Kier alpha value is 0. The number of rotatable bonds is 3. The monoisotopic (exact) mass is 272 g/mol. The maximum atomic E-state index is 10.1. The van der Waals surface area contributed by atoms with Gasteiger partial charge in [-0.3, -0.25) is 0 Å². The highest BCUT2D eigenvalue weighted by molar-refractivity contribution is 14.1. The van der Waals surface area contributed by atoms with E-state index in [2.05, 4.69) is 27.3 Å². The molecule has 0 bridgehead atoms. The summed E-state index contributed by atoms with van der Waals surface area (Å²) in [7, 11) is 0. The predicted molar refractivity (Wildman–Crippen MR) is 51.2 cm³/mol. The van der Waals surface area contributed by atoms with Crippen molar-refractivity contribution in [2.24, 2.45) is 5.92 Å². The zero-order valence-corrected chi connectivity index (χ0v) is 9.03. The minimum absolute atomic E-state index is 0.229. The van der Waals surface area contributed by atoms with Gasteiger partial charge in [0, 0.05) is 0 Å². The molecule has 0 amide bonds. The molecule has 0 saturated heterocycles. The second-order valence-electron chi connectivity index (χ2n) is 2.78. The molecule has 0 saturated carbocycles. The lowest BCUT2D eigenvalue weighted by molar-refractivity contribution is 0.0558. The number of carboxylic acid groups (broad SMARTS) is 1. The Morgan fingerprint density at radius 2 is 1.91 bits per heavy atom. The third-order valence-electron chi connectivity index (χ3n) is 1.37. The van der Waals surface area contributed by atoms with Gasteiger partial charge in [0.1, 0.15) is 6.10 Å². The first-order valence-corrected chi connectivity index (χ1v) is 4.73. The Bertz CT molecular complexity index is 136. The van der Waals surface area contributed by atoms with E-state index in [0.717, 1.165) is 0 Å². The molecule has 0 aromatic rings. The Labute approximate surface area is 80.3 Å². The van der Waals surface area contributed by atoms with E-state index < -0.39 is 6.16 Å². The smallest absolute Gasteiger partial charge is 0.450 e. The van der Waals surface area contributed by atoms with Crippen LogP contribution < -0.4 is 0 Å². The van der Waals surface area contributed by atoms with Crippen molar-refractivity contribution in [1.29, 1.82) is 0 Å². The van der Waals surface area contributed by atoms with E-state index in [4.69, 9.17) is 5.11 Å². The molecule has 0 aromatic carbocycles. The van der Waals surface area contributed by atoms with Crippen molar-refractivity contribution < 1.29 is 14.6 Å². The summed E-state index contributed by atoms with van der Waals surface area (Å²) in [6, 6.07) is 0. The topological polar surface area (TPSA) is 46.5 Å². The van der Waals surface area contributed by atoms with E-state index in [0.29, 0.717) is 5.92 Å². The molecule has 2 atom stereocenters. The first-order chi connectivity index (χ1) is 4.95. The fourth-order valence-electron chi connectivity index (χ4n) is 0.766. The van der Waals surface area contributed by atoms with Crippen LogP contribution in [0.25, 0.3) is 0 Å². The summed E-state index contributed by atoms with van der Waals surface area (Å²) in [5.41, 5.74) is 0. The van der Waals surface area contributed by atoms with Crippen molar-refractivity contribution in [1.82, 2.24) is 0 Å². The molecule has 3 nitrogen and oxygen atoms in total. The van der Waals surface area contributed by atoms with Gasteiger partial charge in [0.15, 0.2) is 0 Å². The molecule has 1 N–H and O–H groups in total. The first-order valence-electron chi connectivity index (χ1n) is 3.48. The molecule has 0 fully saturated rings. The fourth-order valence-corrected chi connectivity index (χ4v) is 0.913. The van der Waals surface area contributed by atoms with E-state index in [1.54, 1.807) is 6.92 Å². The summed E-state index contributed by atoms with van der Waals surface area (Å²) in [6.07, 6.45) is -1.42. The molecular weight excluding hydrogens is 259 g/mol. The summed E-state index contributed by atoms with van der Waals surface area (Å²) >= 11 is 2.20. The van der Waals surface area contributed by atoms with Gasteiger partial charge in [-0.25, -0.2) is 4.79 Å². The van der Waals surface area contributed by atoms with Crippen LogP contribution in [0.3, 0.4) is 0 Å². The minimum Gasteiger partial charge on any atom is -0.450 e. The van der Waals surface area contributed by atoms with Gasteiger partial charge in [-0.05, 0) is 12.8 Å². The summed E-state index contributed by atoms with van der Waals surface area (Å²) in [4.78, 5) is 10.1. The average molecular weight is 272 g/mol. The van der Waals surface area contributed by atoms with Crippen LogP contribution in [0.2, 0.25) is 0 Å². The number of carbonyl (C=O) groups is 1. The highest BCUT2D eigenvalue weighted by Crippen LogP contribution is 2.18. The van der Waals surface area contributed by atoms with Crippen molar-refractivity contribution >= 4 is 28.7 Å². The second kappa shape index (κ2) is 4.79. The zero-order valence-electron chi connectivity index (χ0n) is 6.87. The lowest BCUT2D eigenvalue weighted by atomic mass is 10.1.